The zero-order valence-corrected chi connectivity index (χ0v) is 19.1. The van der Waals surface area contributed by atoms with Crippen LogP contribution in [0.5, 0.6) is 0 Å². The zero-order chi connectivity index (χ0) is 21.5. The summed E-state index contributed by atoms with van der Waals surface area (Å²) in [4.78, 5) is 29.1. The molecule has 0 aromatic heterocycles. The van der Waals surface area contributed by atoms with Gasteiger partial charge in [-0.1, -0.05) is 56.3 Å². The topological polar surface area (TPSA) is 66.6 Å². The molecule has 2 fully saturated rings. The molecule has 5 nitrogen and oxygen atoms in total. The number of nitrogens with two attached hydrogens (primary N) is 1. The maximum Gasteiger partial charge on any atom is 0.320 e. The second-order valence-electron chi connectivity index (χ2n) is 7.90. The van der Waals surface area contributed by atoms with Crippen LogP contribution in [0, 0.1) is 0 Å². The third kappa shape index (κ3) is 5.59. The van der Waals surface area contributed by atoms with Crippen molar-refractivity contribution in [2.45, 2.75) is 51.2 Å². The molecule has 0 saturated carbocycles. The molecule has 3 atom stereocenters. The number of hydrogen-bond acceptors (Lipinski definition) is 3. The fourth-order valence-electron chi connectivity index (χ4n) is 4.12. The predicted molar refractivity (Wildman–Crippen MR) is 126 cm³/mol. The summed E-state index contributed by atoms with van der Waals surface area (Å²) in [5, 5.41) is 0. The Morgan fingerprint density at radius 2 is 1.70 bits per heavy atom. The number of rotatable bonds is 4. The van der Waals surface area contributed by atoms with Gasteiger partial charge in [-0.05, 0) is 45.4 Å². The summed E-state index contributed by atoms with van der Waals surface area (Å²) in [6.45, 7) is 6.83. The largest absolute Gasteiger partial charge is 0.326 e. The standard InChI is InChI=1S/C22H28N3O2P.C2H6/c23-19-10-12-24(14-19)22(27)25-13-11-20(15-25)28-21(26)18-8-6-17(7-9-18)16-4-2-1-3-5-16;1-2/h2,4-9,19-20,28H,1,3,10-15,23H2;1-2H3. The van der Waals surface area contributed by atoms with E-state index in [2.05, 4.69) is 18.2 Å². The first-order chi connectivity index (χ1) is 14.6. The highest BCUT2D eigenvalue weighted by molar-refractivity contribution is 7.59. The minimum Gasteiger partial charge on any atom is -0.326 e. The van der Waals surface area contributed by atoms with Crippen LogP contribution in [-0.2, 0) is 0 Å². The molecule has 2 saturated heterocycles. The number of urea groups is 1. The van der Waals surface area contributed by atoms with Crippen LogP contribution in [0.15, 0.2) is 42.5 Å². The lowest BCUT2D eigenvalue weighted by Crippen LogP contribution is -2.42. The Labute approximate surface area is 182 Å². The molecule has 0 bridgehead atoms. The van der Waals surface area contributed by atoms with Crippen molar-refractivity contribution in [3.8, 4) is 0 Å². The Morgan fingerprint density at radius 3 is 2.33 bits per heavy atom. The van der Waals surface area contributed by atoms with Gasteiger partial charge in [-0.15, -0.1) is 0 Å². The predicted octanol–water partition coefficient (Wildman–Crippen LogP) is 4.49. The van der Waals surface area contributed by atoms with Crippen molar-refractivity contribution in [2.75, 3.05) is 26.2 Å². The van der Waals surface area contributed by atoms with Gasteiger partial charge in [-0.2, -0.15) is 0 Å². The van der Waals surface area contributed by atoms with Gasteiger partial charge in [0.05, 0.1) is 0 Å². The molecule has 6 heteroatoms. The molecule has 3 unspecified atom stereocenters. The van der Waals surface area contributed by atoms with Gasteiger partial charge in [0, 0.05) is 43.4 Å². The van der Waals surface area contributed by atoms with Crippen molar-refractivity contribution < 1.29 is 9.59 Å². The van der Waals surface area contributed by atoms with Gasteiger partial charge < -0.3 is 15.5 Å². The third-order valence-corrected chi connectivity index (χ3v) is 7.19. The summed E-state index contributed by atoms with van der Waals surface area (Å²) in [5.74, 6) is 0. The Balaban J connectivity index is 0.00000124. The fraction of sp³-hybridized carbons (Fsp3) is 0.500. The van der Waals surface area contributed by atoms with Gasteiger partial charge in [-0.25, -0.2) is 4.79 Å². The van der Waals surface area contributed by atoms with E-state index in [1.165, 1.54) is 5.57 Å². The van der Waals surface area contributed by atoms with E-state index >= 15 is 0 Å². The molecule has 1 aliphatic carbocycles. The lowest BCUT2D eigenvalue weighted by molar-refractivity contribution is 0.108. The molecule has 2 aliphatic heterocycles. The Kier molecular flexibility index (Phi) is 8.24. The van der Waals surface area contributed by atoms with Crippen LogP contribution >= 0.6 is 8.58 Å². The van der Waals surface area contributed by atoms with Gasteiger partial charge in [-0.3, -0.25) is 4.79 Å². The minimum absolute atomic E-state index is 0.0888. The quantitative estimate of drug-likeness (QED) is 0.720. The van der Waals surface area contributed by atoms with Crippen LogP contribution in [-0.4, -0.2) is 59.2 Å². The lowest BCUT2D eigenvalue weighted by atomic mass is 9.99. The number of likely N-dealkylation sites (tertiary alicyclic amines) is 2. The van der Waals surface area contributed by atoms with Crippen LogP contribution in [0.4, 0.5) is 4.79 Å². The maximum atomic E-state index is 12.7. The molecule has 162 valence electrons. The number of amides is 2. The second kappa shape index (κ2) is 10.9. The number of nitrogens with zero attached hydrogens (tertiary/aromatic N) is 2. The zero-order valence-electron chi connectivity index (χ0n) is 18.1. The lowest BCUT2D eigenvalue weighted by Gasteiger charge is -2.24. The molecule has 2 N–H and O–H groups in total. The van der Waals surface area contributed by atoms with Crippen LogP contribution in [0.1, 0.15) is 55.5 Å². The average molecular weight is 428 g/mol. The maximum absolute atomic E-state index is 12.7. The van der Waals surface area contributed by atoms with Crippen molar-refractivity contribution in [2.24, 2.45) is 5.73 Å². The Morgan fingerprint density at radius 1 is 1.00 bits per heavy atom. The summed E-state index contributed by atoms with van der Waals surface area (Å²) >= 11 is 0. The number of benzene rings is 1. The summed E-state index contributed by atoms with van der Waals surface area (Å²) in [5.41, 5.74) is 9.56. The molecule has 1 aromatic carbocycles. The van der Waals surface area contributed by atoms with Gasteiger partial charge in [0.15, 0.2) is 5.52 Å². The molecular weight excluding hydrogens is 393 g/mol. The Bertz CT molecular complexity index is 803. The van der Waals surface area contributed by atoms with Crippen molar-refractivity contribution in [3.05, 3.63) is 53.6 Å². The first-order valence-corrected chi connectivity index (χ1v) is 12.3. The van der Waals surface area contributed by atoms with E-state index < -0.39 is 0 Å². The van der Waals surface area contributed by atoms with Gasteiger partial charge in [0.2, 0.25) is 0 Å². The summed E-state index contributed by atoms with van der Waals surface area (Å²) in [7, 11) is 0.220. The Hall–Kier alpha value is -1.97. The van der Waals surface area contributed by atoms with Crippen LogP contribution in [0.25, 0.3) is 5.57 Å². The first-order valence-electron chi connectivity index (χ1n) is 11.2. The summed E-state index contributed by atoms with van der Waals surface area (Å²) in [6, 6.07) is 8.16. The molecule has 1 aromatic rings. The van der Waals surface area contributed by atoms with Gasteiger partial charge in [0.1, 0.15) is 0 Å². The van der Waals surface area contributed by atoms with Gasteiger partial charge in [0.25, 0.3) is 0 Å². The van der Waals surface area contributed by atoms with Crippen molar-refractivity contribution in [1.82, 2.24) is 9.80 Å². The van der Waals surface area contributed by atoms with Crippen molar-refractivity contribution in [1.29, 1.82) is 0 Å². The smallest absolute Gasteiger partial charge is 0.320 e. The molecule has 2 heterocycles. The van der Waals surface area contributed by atoms with E-state index in [-0.39, 0.29) is 31.8 Å². The number of carbonyl (C=O) groups excluding carboxylic acids is 2. The monoisotopic (exact) mass is 427 g/mol. The number of hydrogen-bond donors (Lipinski definition) is 1. The van der Waals surface area contributed by atoms with Crippen molar-refractivity contribution >= 4 is 25.7 Å². The SMILES string of the molecule is CC.NC1CCN(C(=O)N2CCC(PC(=O)c3ccc(C4=CCCC=C4)cc3)C2)C1. The van der Waals surface area contributed by atoms with E-state index in [0.29, 0.717) is 13.1 Å². The second-order valence-corrected chi connectivity index (χ2v) is 9.46. The molecular formula is C24H34N3O2P. The fourth-order valence-corrected chi connectivity index (χ4v) is 5.41. The summed E-state index contributed by atoms with van der Waals surface area (Å²) in [6.07, 6.45) is 10.6. The van der Waals surface area contributed by atoms with Gasteiger partial charge >= 0.3 is 6.03 Å². The minimum atomic E-state index is 0.0888. The summed E-state index contributed by atoms with van der Waals surface area (Å²) < 4.78 is 0. The first kappa shape index (κ1) is 22.7. The molecule has 30 heavy (non-hydrogen) atoms. The van der Waals surface area contributed by atoms with E-state index in [1.807, 2.05) is 47.9 Å². The molecule has 4 rings (SSSR count). The molecule has 0 radical (unpaired) electrons. The molecule has 0 spiro atoms. The van der Waals surface area contributed by atoms with Crippen LogP contribution in [0.3, 0.4) is 0 Å². The highest BCUT2D eigenvalue weighted by Gasteiger charge is 2.33. The third-order valence-electron chi connectivity index (χ3n) is 5.76. The van der Waals surface area contributed by atoms with E-state index in [4.69, 9.17) is 5.73 Å². The van der Waals surface area contributed by atoms with E-state index in [0.717, 1.165) is 49.9 Å². The van der Waals surface area contributed by atoms with Crippen LogP contribution in [0.2, 0.25) is 0 Å². The van der Waals surface area contributed by atoms with E-state index in [1.54, 1.807) is 0 Å². The molecule has 2 amide bonds. The highest BCUT2D eigenvalue weighted by Crippen LogP contribution is 2.33. The number of allylic oxidation sites excluding steroid dienone is 4. The number of carbonyl (C=O) groups is 2. The van der Waals surface area contributed by atoms with Crippen molar-refractivity contribution in [3.63, 3.8) is 0 Å². The molecule has 3 aliphatic rings. The average Bonchev–Trinajstić information content (AvgIpc) is 3.44. The highest BCUT2D eigenvalue weighted by atomic mass is 31.1. The van der Waals surface area contributed by atoms with E-state index in [9.17, 15) is 9.59 Å². The van der Waals surface area contributed by atoms with Crippen LogP contribution < -0.4 is 5.73 Å². The normalized spacial score (nSPS) is 23.5.